The minimum Gasteiger partial charge on any atom is -0.475 e. The van der Waals surface area contributed by atoms with Crippen LogP contribution < -0.4 is 14.5 Å². The van der Waals surface area contributed by atoms with Crippen molar-refractivity contribution in [2.24, 2.45) is 0 Å². The quantitative estimate of drug-likeness (QED) is 0.373. The number of alkyl halides is 2. The van der Waals surface area contributed by atoms with Crippen LogP contribution in [0, 0.1) is 13.5 Å². The fraction of sp³-hybridized carbons (Fsp3) is 0.320. The summed E-state index contributed by atoms with van der Waals surface area (Å²) in [5, 5.41) is 9.72. The van der Waals surface area contributed by atoms with Crippen LogP contribution in [0.4, 0.5) is 25.8 Å². The van der Waals surface area contributed by atoms with E-state index in [4.69, 9.17) is 23.5 Å². The van der Waals surface area contributed by atoms with Crippen molar-refractivity contribution in [3.63, 3.8) is 0 Å². The summed E-state index contributed by atoms with van der Waals surface area (Å²) < 4.78 is 33.4. The Morgan fingerprint density at radius 2 is 1.89 bits per heavy atom. The molecule has 0 bridgehead atoms. The highest BCUT2D eigenvalue weighted by atomic mass is 32.1. The van der Waals surface area contributed by atoms with Crippen molar-refractivity contribution in [2.45, 2.75) is 39.2 Å². The first-order valence-electron chi connectivity index (χ1n) is 11.0. The Kier molecular flexibility index (Phi) is 6.36. The Morgan fingerprint density at radius 1 is 1.19 bits per heavy atom. The summed E-state index contributed by atoms with van der Waals surface area (Å²) in [6, 6.07) is 9.85. The van der Waals surface area contributed by atoms with Gasteiger partial charge in [-0.15, -0.1) is 0 Å². The van der Waals surface area contributed by atoms with E-state index in [0.717, 1.165) is 0 Å². The third-order valence-corrected chi connectivity index (χ3v) is 6.22. The van der Waals surface area contributed by atoms with Crippen LogP contribution in [0.1, 0.15) is 32.2 Å². The molecule has 4 rings (SSSR count). The molecule has 0 spiro atoms. The maximum absolute atomic E-state index is 14.0. The van der Waals surface area contributed by atoms with Crippen LogP contribution in [0.25, 0.3) is 15.7 Å². The smallest absolute Gasteiger partial charge is 0.303 e. The van der Waals surface area contributed by atoms with E-state index in [1.807, 2.05) is 0 Å². The van der Waals surface area contributed by atoms with Gasteiger partial charge in [-0.2, -0.15) is 13.8 Å². The molecule has 3 aromatic rings. The molecule has 0 saturated carbocycles. The topological polar surface area (TPSA) is 83.2 Å². The lowest BCUT2D eigenvalue weighted by Crippen LogP contribution is -2.44. The first-order valence-corrected chi connectivity index (χ1v) is 11.4. The van der Waals surface area contributed by atoms with Crippen LogP contribution in [0.15, 0.2) is 36.4 Å². The summed E-state index contributed by atoms with van der Waals surface area (Å²) in [6.07, 6.45) is 0. The van der Waals surface area contributed by atoms with Gasteiger partial charge in [0.05, 0.1) is 24.1 Å². The van der Waals surface area contributed by atoms with Crippen LogP contribution in [0.3, 0.4) is 0 Å². The summed E-state index contributed by atoms with van der Waals surface area (Å²) in [7, 11) is 0. The largest absolute Gasteiger partial charge is 0.475 e. The average Bonchev–Trinajstić information content (AvgIpc) is 2.99. The van der Waals surface area contributed by atoms with E-state index in [-0.39, 0.29) is 35.6 Å². The number of fused-ring (bicyclic) bond motifs is 1. The predicted molar refractivity (Wildman–Crippen MR) is 136 cm³/mol. The summed E-state index contributed by atoms with van der Waals surface area (Å²) >= 11 is 5.73. The standard InChI is InChI=1S/C25H23F2N5O3S/c1-14-12-15(6-8-18(14)28-5)31-22(34)24(2,3)32(23(31)36)16-7-9-19-17(13-16)20(35-11-10-33)30-21(29-19)25(4,26)27/h6-9,12-13,33H,10-11H2,1-4H3. The Bertz CT molecular complexity index is 1430. The molecule has 1 saturated heterocycles. The number of benzene rings is 2. The van der Waals surface area contributed by atoms with Crippen LogP contribution >= 0.6 is 12.2 Å². The van der Waals surface area contributed by atoms with E-state index >= 15 is 0 Å². The number of aliphatic hydroxyl groups excluding tert-OH is 1. The molecule has 2 aromatic carbocycles. The number of carbonyl (C=O) groups excluding carboxylic acids is 1. The number of hydrogen-bond donors (Lipinski definition) is 1. The van der Waals surface area contributed by atoms with Gasteiger partial charge in [-0.1, -0.05) is 6.07 Å². The lowest BCUT2D eigenvalue weighted by molar-refractivity contribution is -0.120. The first-order chi connectivity index (χ1) is 16.9. The van der Waals surface area contributed by atoms with Gasteiger partial charge in [-0.3, -0.25) is 9.69 Å². The van der Waals surface area contributed by atoms with Gasteiger partial charge >= 0.3 is 5.92 Å². The molecule has 11 heteroatoms. The molecule has 1 aliphatic heterocycles. The lowest BCUT2D eigenvalue weighted by Gasteiger charge is -2.29. The molecule has 1 aromatic heterocycles. The number of aromatic nitrogens is 2. The number of thiocarbonyl (C=S) groups is 1. The van der Waals surface area contributed by atoms with E-state index in [0.29, 0.717) is 34.9 Å². The summed E-state index contributed by atoms with van der Waals surface area (Å²) in [5.74, 6) is -4.37. The van der Waals surface area contributed by atoms with Crippen molar-refractivity contribution < 1.29 is 23.4 Å². The van der Waals surface area contributed by atoms with Crippen LogP contribution in [0.2, 0.25) is 0 Å². The highest BCUT2D eigenvalue weighted by Gasteiger charge is 2.50. The van der Waals surface area contributed by atoms with Gasteiger partial charge in [0.15, 0.2) is 10.8 Å². The van der Waals surface area contributed by atoms with Crippen molar-refractivity contribution in [2.75, 3.05) is 23.0 Å². The van der Waals surface area contributed by atoms with Crippen LogP contribution in [-0.2, 0) is 10.7 Å². The molecule has 186 valence electrons. The molecular weight excluding hydrogens is 488 g/mol. The second-order valence-corrected chi connectivity index (χ2v) is 9.28. The van der Waals surface area contributed by atoms with Crippen LogP contribution in [0.5, 0.6) is 5.88 Å². The number of amides is 1. The molecule has 0 atom stereocenters. The number of carbonyl (C=O) groups is 1. The van der Waals surface area contributed by atoms with Gasteiger partial charge in [0, 0.05) is 18.3 Å². The molecule has 0 aliphatic carbocycles. The number of ether oxygens (including phenoxy) is 1. The van der Waals surface area contributed by atoms with E-state index in [1.165, 1.54) is 11.0 Å². The highest BCUT2D eigenvalue weighted by molar-refractivity contribution is 7.81. The predicted octanol–water partition coefficient (Wildman–Crippen LogP) is 4.89. The highest BCUT2D eigenvalue weighted by Crippen LogP contribution is 2.39. The second kappa shape index (κ2) is 9.04. The third kappa shape index (κ3) is 4.23. The van der Waals surface area contributed by atoms with Crippen molar-refractivity contribution >= 4 is 51.2 Å². The normalized spacial score (nSPS) is 15.5. The Balaban J connectivity index is 1.83. The molecule has 1 aliphatic rings. The number of anilines is 2. The lowest BCUT2D eigenvalue weighted by atomic mass is 10.0. The minimum absolute atomic E-state index is 0.108. The number of aliphatic hydroxyl groups is 1. The Morgan fingerprint density at radius 3 is 2.50 bits per heavy atom. The van der Waals surface area contributed by atoms with Crippen molar-refractivity contribution in [3.05, 3.63) is 59.2 Å². The van der Waals surface area contributed by atoms with Gasteiger partial charge in [-0.05, 0) is 68.9 Å². The number of halogens is 2. The monoisotopic (exact) mass is 511 g/mol. The van der Waals surface area contributed by atoms with Gasteiger partial charge < -0.3 is 14.7 Å². The fourth-order valence-corrected chi connectivity index (χ4v) is 4.56. The Labute approximate surface area is 211 Å². The van der Waals surface area contributed by atoms with Gasteiger partial charge in [0.25, 0.3) is 5.91 Å². The zero-order valence-corrected chi connectivity index (χ0v) is 20.9. The SMILES string of the molecule is [C-]#[N+]c1ccc(N2C(=O)C(C)(C)N(c3ccc4nc(C(C)(F)F)nc(OCCO)c4c3)C2=S)cc1C. The molecule has 1 N–H and O–H groups in total. The maximum atomic E-state index is 14.0. The average molecular weight is 512 g/mol. The molecule has 36 heavy (non-hydrogen) atoms. The number of nitrogens with zero attached hydrogens (tertiary/aromatic N) is 5. The molecule has 8 nitrogen and oxygen atoms in total. The van der Waals surface area contributed by atoms with E-state index in [1.54, 1.807) is 56.0 Å². The third-order valence-electron chi connectivity index (χ3n) is 5.85. The first kappa shape index (κ1) is 25.3. The van der Waals surface area contributed by atoms with Gasteiger partial charge in [-0.25, -0.2) is 9.83 Å². The minimum atomic E-state index is -3.30. The zero-order chi connectivity index (χ0) is 26.4. The van der Waals surface area contributed by atoms with E-state index in [9.17, 15) is 18.7 Å². The van der Waals surface area contributed by atoms with Crippen molar-refractivity contribution in [1.29, 1.82) is 0 Å². The molecule has 1 amide bonds. The summed E-state index contributed by atoms with van der Waals surface area (Å²) in [6.45, 7) is 12.7. The number of aryl methyl sites for hydroxylation is 1. The maximum Gasteiger partial charge on any atom is 0.303 e. The van der Waals surface area contributed by atoms with Gasteiger partial charge in [0.1, 0.15) is 12.1 Å². The van der Waals surface area contributed by atoms with Gasteiger partial charge in [0.2, 0.25) is 11.7 Å². The molecule has 1 fully saturated rings. The molecular formula is C25H23F2N5O3S. The molecule has 0 radical (unpaired) electrons. The molecule has 2 heterocycles. The van der Waals surface area contributed by atoms with E-state index < -0.39 is 17.3 Å². The zero-order valence-electron chi connectivity index (χ0n) is 20.0. The molecule has 0 unspecified atom stereocenters. The van der Waals surface area contributed by atoms with Crippen LogP contribution in [-0.4, -0.2) is 44.8 Å². The fourth-order valence-electron chi connectivity index (χ4n) is 4.04. The van der Waals surface area contributed by atoms with E-state index in [2.05, 4.69) is 14.8 Å². The summed E-state index contributed by atoms with van der Waals surface area (Å²) in [5.41, 5.74) is 1.38. The van der Waals surface area contributed by atoms with Crippen molar-refractivity contribution in [3.8, 4) is 5.88 Å². The van der Waals surface area contributed by atoms with Crippen molar-refractivity contribution in [1.82, 2.24) is 9.97 Å². The Hall–Kier alpha value is -3.75. The second-order valence-electron chi connectivity index (χ2n) is 8.91. The number of rotatable bonds is 6. The summed E-state index contributed by atoms with van der Waals surface area (Å²) in [4.78, 5) is 27.9. The number of hydrogen-bond acceptors (Lipinski definition) is 6.